The fourth-order valence-electron chi connectivity index (χ4n) is 3.80. The van der Waals surface area contributed by atoms with Crippen LogP contribution >= 0.6 is 11.6 Å². The van der Waals surface area contributed by atoms with E-state index in [0.29, 0.717) is 23.6 Å². The third kappa shape index (κ3) is 3.64. The largest absolute Gasteiger partial charge is 0.438 e. The van der Waals surface area contributed by atoms with Crippen molar-refractivity contribution >= 4 is 28.6 Å². The Hall–Kier alpha value is -2.40. The predicted molar refractivity (Wildman–Crippen MR) is 112 cm³/mol. The van der Waals surface area contributed by atoms with Gasteiger partial charge in [-0.1, -0.05) is 12.1 Å². The Morgan fingerprint density at radius 1 is 1.28 bits per heavy atom. The van der Waals surface area contributed by atoms with Gasteiger partial charge in [-0.3, -0.25) is 4.79 Å². The van der Waals surface area contributed by atoms with E-state index in [1.165, 1.54) is 6.07 Å². The van der Waals surface area contributed by atoms with Crippen LogP contribution in [0.4, 0.5) is 4.39 Å². The number of benzene rings is 2. The second-order valence-electron chi connectivity index (χ2n) is 8.37. The maximum absolute atomic E-state index is 13.6. The molecule has 1 fully saturated rings. The molecular weight excluding hydrogens is 391 g/mol. The highest BCUT2D eigenvalue weighted by Crippen LogP contribution is 2.37. The highest BCUT2D eigenvalue weighted by atomic mass is 35.5. The first-order valence-corrected chi connectivity index (χ1v) is 10.4. The minimum atomic E-state index is -0.621. The SMILES string of the molecule is Cc1cc(-c2ccc3oc([C@H]4CCCN4C(=O)C(C)(C)CCl)nc3c2)ccc1F. The number of aromatic nitrogens is 1. The van der Waals surface area contributed by atoms with Gasteiger partial charge in [0.1, 0.15) is 17.4 Å². The summed E-state index contributed by atoms with van der Waals surface area (Å²) < 4.78 is 19.6. The molecule has 4 nitrogen and oxygen atoms in total. The van der Waals surface area contributed by atoms with Crippen molar-refractivity contribution in [3.63, 3.8) is 0 Å². The molecule has 4 rings (SSSR count). The predicted octanol–water partition coefficient (Wildman–Crippen LogP) is 5.87. The molecule has 1 atom stereocenters. The van der Waals surface area contributed by atoms with Crippen molar-refractivity contribution in [1.29, 1.82) is 0 Å². The minimum absolute atomic E-state index is 0.0275. The summed E-state index contributed by atoms with van der Waals surface area (Å²) in [4.78, 5) is 19.5. The van der Waals surface area contributed by atoms with Crippen molar-refractivity contribution in [2.75, 3.05) is 12.4 Å². The summed E-state index contributed by atoms with van der Waals surface area (Å²) >= 11 is 6.01. The van der Waals surface area contributed by atoms with Gasteiger partial charge in [0.25, 0.3) is 0 Å². The average Bonchev–Trinajstić information content (AvgIpc) is 3.35. The molecule has 0 N–H and O–H groups in total. The summed E-state index contributed by atoms with van der Waals surface area (Å²) in [7, 11) is 0. The van der Waals surface area contributed by atoms with Gasteiger partial charge >= 0.3 is 0 Å². The molecule has 0 saturated carbocycles. The molecule has 2 heterocycles. The third-order valence-corrected chi connectivity index (χ3v) is 6.28. The molecule has 6 heteroatoms. The standard InChI is InChI=1S/C23H24ClFN2O2/c1-14-11-15(6-8-17(14)25)16-7-9-20-18(12-16)26-21(29-20)19-5-4-10-27(19)22(28)23(2,3)13-24/h6-9,11-12,19H,4-5,10,13H2,1-3H3/t19-/m1/s1. The monoisotopic (exact) mass is 414 g/mol. The van der Waals surface area contributed by atoms with E-state index in [0.717, 1.165) is 29.5 Å². The van der Waals surface area contributed by atoms with Crippen LogP contribution in [0.3, 0.4) is 0 Å². The molecule has 1 aliphatic heterocycles. The summed E-state index contributed by atoms with van der Waals surface area (Å²) in [5, 5.41) is 0. The number of amides is 1. The molecule has 1 aromatic heterocycles. The van der Waals surface area contributed by atoms with Crippen molar-refractivity contribution in [3.05, 3.63) is 53.7 Å². The van der Waals surface area contributed by atoms with Gasteiger partial charge in [-0.15, -0.1) is 11.6 Å². The number of carbonyl (C=O) groups excluding carboxylic acids is 1. The Morgan fingerprint density at radius 3 is 2.72 bits per heavy atom. The normalized spacial score (nSPS) is 17.3. The molecule has 1 aliphatic rings. The maximum atomic E-state index is 13.6. The van der Waals surface area contributed by atoms with Crippen LogP contribution in [0.5, 0.6) is 0 Å². The van der Waals surface area contributed by atoms with Gasteiger partial charge in [0.2, 0.25) is 11.8 Å². The molecule has 0 unspecified atom stereocenters. The van der Waals surface area contributed by atoms with E-state index in [1.807, 2.05) is 43.0 Å². The fourth-order valence-corrected chi connectivity index (χ4v) is 3.92. The van der Waals surface area contributed by atoms with Crippen molar-refractivity contribution in [3.8, 4) is 11.1 Å². The van der Waals surface area contributed by atoms with Crippen LogP contribution in [0.1, 0.15) is 44.2 Å². The number of rotatable bonds is 4. The van der Waals surface area contributed by atoms with Crippen molar-refractivity contribution in [2.45, 2.75) is 39.7 Å². The summed E-state index contributed by atoms with van der Waals surface area (Å²) in [5.41, 5.74) is 3.27. The number of fused-ring (bicyclic) bond motifs is 1. The summed E-state index contributed by atoms with van der Waals surface area (Å²) in [6, 6.07) is 10.7. The van der Waals surface area contributed by atoms with Gasteiger partial charge < -0.3 is 9.32 Å². The number of halogens is 2. The smallest absolute Gasteiger partial charge is 0.230 e. The first-order chi connectivity index (χ1) is 13.8. The zero-order valence-corrected chi connectivity index (χ0v) is 17.6. The first kappa shape index (κ1) is 19.9. The molecule has 1 amide bonds. The molecule has 0 spiro atoms. The number of hydrogen-bond acceptors (Lipinski definition) is 3. The lowest BCUT2D eigenvalue weighted by Gasteiger charge is -2.30. The van der Waals surface area contributed by atoms with Crippen LogP contribution in [0.15, 0.2) is 40.8 Å². The third-order valence-electron chi connectivity index (χ3n) is 5.61. The summed E-state index contributed by atoms with van der Waals surface area (Å²) in [6.07, 6.45) is 1.73. The lowest BCUT2D eigenvalue weighted by atomic mass is 9.94. The lowest BCUT2D eigenvalue weighted by molar-refractivity contribution is -0.140. The highest BCUT2D eigenvalue weighted by Gasteiger charge is 2.39. The second kappa shape index (κ2) is 7.45. The van der Waals surface area contributed by atoms with E-state index in [9.17, 15) is 9.18 Å². The molecule has 152 valence electrons. The Kier molecular flexibility index (Phi) is 5.11. The fraction of sp³-hybridized carbons (Fsp3) is 0.391. The lowest BCUT2D eigenvalue weighted by Crippen LogP contribution is -2.41. The number of alkyl halides is 1. The van der Waals surface area contributed by atoms with Crippen LogP contribution in [-0.2, 0) is 4.79 Å². The molecule has 0 radical (unpaired) electrons. The summed E-state index contributed by atoms with van der Waals surface area (Å²) in [6.45, 7) is 6.16. The van der Waals surface area contributed by atoms with Crippen LogP contribution in [0, 0.1) is 18.2 Å². The van der Waals surface area contributed by atoms with Gasteiger partial charge in [0.15, 0.2) is 5.58 Å². The number of likely N-dealkylation sites (tertiary alicyclic amines) is 1. The number of oxazole rings is 1. The molecule has 29 heavy (non-hydrogen) atoms. The van der Waals surface area contributed by atoms with E-state index < -0.39 is 5.41 Å². The number of nitrogens with zero attached hydrogens (tertiary/aromatic N) is 2. The highest BCUT2D eigenvalue weighted by molar-refractivity contribution is 6.19. The van der Waals surface area contributed by atoms with Crippen LogP contribution in [0.25, 0.3) is 22.2 Å². The van der Waals surface area contributed by atoms with Gasteiger partial charge in [-0.05, 0) is 74.6 Å². The second-order valence-corrected chi connectivity index (χ2v) is 8.64. The van der Waals surface area contributed by atoms with Gasteiger partial charge in [0.05, 0.1) is 5.41 Å². The Bertz CT molecular complexity index is 1080. The average molecular weight is 415 g/mol. The van der Waals surface area contributed by atoms with Crippen molar-refractivity contribution < 1.29 is 13.6 Å². The maximum Gasteiger partial charge on any atom is 0.230 e. The first-order valence-electron chi connectivity index (χ1n) is 9.84. The van der Waals surface area contributed by atoms with Crippen LogP contribution < -0.4 is 0 Å². The Balaban J connectivity index is 1.67. The van der Waals surface area contributed by atoms with Crippen LogP contribution in [0.2, 0.25) is 0 Å². The summed E-state index contributed by atoms with van der Waals surface area (Å²) in [5.74, 6) is 0.635. The molecular formula is C23H24ClFN2O2. The number of aryl methyl sites for hydroxylation is 1. The Morgan fingerprint density at radius 2 is 2.00 bits per heavy atom. The number of carbonyl (C=O) groups is 1. The molecule has 0 aliphatic carbocycles. The van der Waals surface area contributed by atoms with Gasteiger partial charge in [0, 0.05) is 12.4 Å². The zero-order chi connectivity index (χ0) is 20.8. The molecule has 2 aromatic carbocycles. The zero-order valence-electron chi connectivity index (χ0n) is 16.8. The van der Waals surface area contributed by atoms with E-state index >= 15 is 0 Å². The van der Waals surface area contributed by atoms with Gasteiger partial charge in [-0.25, -0.2) is 9.37 Å². The van der Waals surface area contributed by atoms with Crippen molar-refractivity contribution in [2.24, 2.45) is 5.41 Å². The van der Waals surface area contributed by atoms with E-state index in [1.54, 1.807) is 13.0 Å². The van der Waals surface area contributed by atoms with E-state index in [4.69, 9.17) is 21.0 Å². The molecule has 1 saturated heterocycles. The quantitative estimate of drug-likeness (QED) is 0.501. The topological polar surface area (TPSA) is 46.3 Å². The van der Waals surface area contributed by atoms with Crippen molar-refractivity contribution in [1.82, 2.24) is 9.88 Å². The van der Waals surface area contributed by atoms with E-state index in [-0.39, 0.29) is 23.6 Å². The Labute approximate surface area is 174 Å². The number of hydrogen-bond donors (Lipinski definition) is 0. The molecule has 0 bridgehead atoms. The van der Waals surface area contributed by atoms with Gasteiger partial charge in [-0.2, -0.15) is 0 Å². The van der Waals surface area contributed by atoms with Crippen LogP contribution in [-0.4, -0.2) is 28.2 Å². The molecule has 3 aromatic rings. The minimum Gasteiger partial charge on any atom is -0.438 e. The van der Waals surface area contributed by atoms with E-state index in [2.05, 4.69) is 0 Å².